The van der Waals surface area contributed by atoms with Crippen LogP contribution in [0.15, 0.2) is 30.7 Å². The van der Waals surface area contributed by atoms with Gasteiger partial charge >= 0.3 is 0 Å². The number of amides is 1. The number of rotatable bonds is 3. The first kappa shape index (κ1) is 13.4. The van der Waals surface area contributed by atoms with Crippen molar-refractivity contribution < 1.29 is 13.6 Å². The van der Waals surface area contributed by atoms with Gasteiger partial charge in [0, 0.05) is 6.54 Å². The van der Waals surface area contributed by atoms with Gasteiger partial charge in [0.1, 0.15) is 12.1 Å². The second-order valence-corrected chi connectivity index (χ2v) is 4.06. The average Bonchev–Trinajstić information content (AvgIpc) is 2.40. The summed E-state index contributed by atoms with van der Waals surface area (Å²) in [7, 11) is 0. The molecule has 1 amide bonds. The highest BCUT2D eigenvalue weighted by Crippen LogP contribution is 2.15. The van der Waals surface area contributed by atoms with E-state index in [0.29, 0.717) is 5.56 Å². The fourth-order valence-electron chi connectivity index (χ4n) is 1.40. The van der Waals surface area contributed by atoms with E-state index >= 15 is 0 Å². The monoisotopic (exact) mass is 283 g/mol. The molecule has 0 fully saturated rings. The van der Waals surface area contributed by atoms with E-state index in [1.807, 2.05) is 0 Å². The highest BCUT2D eigenvalue weighted by Gasteiger charge is 2.12. The van der Waals surface area contributed by atoms with Crippen LogP contribution in [0.25, 0.3) is 0 Å². The molecule has 0 aliphatic carbocycles. The van der Waals surface area contributed by atoms with Crippen molar-refractivity contribution in [3.63, 3.8) is 0 Å². The summed E-state index contributed by atoms with van der Waals surface area (Å²) in [5, 5.41) is 2.41. The van der Waals surface area contributed by atoms with Gasteiger partial charge < -0.3 is 5.32 Å². The first-order valence-corrected chi connectivity index (χ1v) is 5.63. The molecule has 0 atom stereocenters. The summed E-state index contributed by atoms with van der Waals surface area (Å²) < 4.78 is 26.2. The molecule has 19 heavy (non-hydrogen) atoms. The maximum atomic E-state index is 13.2. The zero-order chi connectivity index (χ0) is 13.8. The maximum absolute atomic E-state index is 13.2. The molecule has 0 radical (unpaired) electrons. The molecule has 0 saturated carbocycles. The number of aromatic nitrogens is 2. The van der Waals surface area contributed by atoms with Crippen LogP contribution in [-0.4, -0.2) is 15.9 Å². The van der Waals surface area contributed by atoms with Crippen LogP contribution in [0.1, 0.15) is 16.1 Å². The fraction of sp³-hybridized carbons (Fsp3) is 0.0833. The largest absolute Gasteiger partial charge is 0.347 e. The average molecular weight is 284 g/mol. The lowest BCUT2D eigenvalue weighted by atomic mass is 10.2. The standard InChI is InChI=1S/C12H8ClF2N3O/c13-8-3-7(1-2-9(8)14)4-17-12(19)11-10(15)5-16-6-18-11/h1-3,5-6H,4H2,(H,17,19). The minimum absolute atomic E-state index is 0.0417. The summed E-state index contributed by atoms with van der Waals surface area (Å²) in [5.74, 6) is -2.03. The van der Waals surface area contributed by atoms with Crippen LogP contribution in [0, 0.1) is 11.6 Å². The second kappa shape index (κ2) is 5.71. The molecular formula is C12H8ClF2N3O. The molecule has 1 aromatic heterocycles. The third-order valence-corrected chi connectivity index (χ3v) is 2.61. The van der Waals surface area contributed by atoms with Gasteiger partial charge in [-0.05, 0) is 17.7 Å². The lowest BCUT2D eigenvalue weighted by Gasteiger charge is -2.06. The van der Waals surface area contributed by atoms with Crippen LogP contribution in [0.4, 0.5) is 8.78 Å². The van der Waals surface area contributed by atoms with E-state index in [2.05, 4.69) is 15.3 Å². The number of hydrogen-bond acceptors (Lipinski definition) is 3. The molecule has 4 nitrogen and oxygen atoms in total. The van der Waals surface area contributed by atoms with Crippen LogP contribution in [0.3, 0.4) is 0 Å². The first-order chi connectivity index (χ1) is 9.08. The Kier molecular flexibility index (Phi) is 4.01. The number of carbonyl (C=O) groups is 1. The molecule has 1 N–H and O–H groups in total. The van der Waals surface area contributed by atoms with E-state index in [0.717, 1.165) is 12.5 Å². The Morgan fingerprint density at radius 2 is 2.11 bits per heavy atom. The molecule has 0 bridgehead atoms. The molecule has 2 aromatic rings. The van der Waals surface area contributed by atoms with Crippen molar-refractivity contribution in [2.75, 3.05) is 0 Å². The minimum atomic E-state index is -0.808. The van der Waals surface area contributed by atoms with Crippen LogP contribution in [-0.2, 0) is 6.54 Å². The molecule has 2 rings (SSSR count). The molecule has 7 heteroatoms. The number of benzene rings is 1. The van der Waals surface area contributed by atoms with Crippen LogP contribution in [0.2, 0.25) is 5.02 Å². The van der Waals surface area contributed by atoms with Gasteiger partial charge in [-0.1, -0.05) is 17.7 Å². The van der Waals surface area contributed by atoms with E-state index in [1.54, 1.807) is 0 Å². The molecule has 0 spiro atoms. The molecule has 0 saturated heterocycles. The first-order valence-electron chi connectivity index (χ1n) is 5.25. The van der Waals surface area contributed by atoms with Crippen molar-refractivity contribution >= 4 is 17.5 Å². The van der Waals surface area contributed by atoms with Gasteiger partial charge in [0.2, 0.25) is 0 Å². The number of nitrogens with one attached hydrogen (secondary N) is 1. The van der Waals surface area contributed by atoms with E-state index in [9.17, 15) is 13.6 Å². The van der Waals surface area contributed by atoms with E-state index in [-0.39, 0.29) is 17.3 Å². The van der Waals surface area contributed by atoms with Crippen molar-refractivity contribution in [3.05, 3.63) is 58.6 Å². The highest BCUT2D eigenvalue weighted by atomic mass is 35.5. The van der Waals surface area contributed by atoms with Gasteiger partial charge in [-0.2, -0.15) is 0 Å². The predicted molar refractivity (Wildman–Crippen MR) is 64.6 cm³/mol. The van der Waals surface area contributed by atoms with Gasteiger partial charge in [-0.3, -0.25) is 4.79 Å². The van der Waals surface area contributed by atoms with Gasteiger partial charge in [-0.25, -0.2) is 18.7 Å². The molecule has 1 aromatic carbocycles. The van der Waals surface area contributed by atoms with Crippen molar-refractivity contribution in [2.24, 2.45) is 0 Å². The number of nitrogens with zero attached hydrogens (tertiary/aromatic N) is 2. The van der Waals surface area contributed by atoms with Crippen LogP contribution >= 0.6 is 11.6 Å². The Morgan fingerprint density at radius 1 is 1.32 bits per heavy atom. The van der Waals surface area contributed by atoms with Crippen LogP contribution in [0.5, 0.6) is 0 Å². The summed E-state index contributed by atoms with van der Waals surface area (Å²) in [5.41, 5.74) is 0.248. The number of hydrogen-bond donors (Lipinski definition) is 1. The van der Waals surface area contributed by atoms with Crippen molar-refractivity contribution in [3.8, 4) is 0 Å². The van der Waals surface area contributed by atoms with Crippen LogP contribution < -0.4 is 5.32 Å². The summed E-state index contributed by atoms with van der Waals surface area (Å²) in [6.45, 7) is 0.0856. The minimum Gasteiger partial charge on any atom is -0.347 e. The highest BCUT2D eigenvalue weighted by molar-refractivity contribution is 6.30. The summed E-state index contributed by atoms with van der Waals surface area (Å²) in [6.07, 6.45) is 1.98. The molecule has 1 heterocycles. The van der Waals surface area contributed by atoms with Gasteiger partial charge in [0.05, 0.1) is 11.2 Å². The number of carbonyl (C=O) groups excluding carboxylic acids is 1. The van der Waals surface area contributed by atoms with E-state index < -0.39 is 17.5 Å². The predicted octanol–water partition coefficient (Wildman–Crippen LogP) is 2.34. The van der Waals surface area contributed by atoms with E-state index in [4.69, 9.17) is 11.6 Å². The molecule has 0 aliphatic rings. The summed E-state index contributed by atoms with van der Waals surface area (Å²) in [6, 6.07) is 4.04. The lowest BCUT2D eigenvalue weighted by Crippen LogP contribution is -2.25. The van der Waals surface area contributed by atoms with Gasteiger partial charge in [-0.15, -0.1) is 0 Å². The third kappa shape index (κ3) is 3.23. The topological polar surface area (TPSA) is 54.9 Å². The van der Waals surface area contributed by atoms with Gasteiger partial charge in [0.15, 0.2) is 11.5 Å². The SMILES string of the molecule is O=C(NCc1ccc(F)c(Cl)c1)c1ncncc1F. The summed E-state index contributed by atoms with van der Waals surface area (Å²) >= 11 is 5.60. The second-order valence-electron chi connectivity index (χ2n) is 3.65. The van der Waals surface area contributed by atoms with Crippen molar-refractivity contribution in [2.45, 2.75) is 6.54 Å². The molecule has 98 valence electrons. The Morgan fingerprint density at radius 3 is 2.79 bits per heavy atom. The zero-order valence-electron chi connectivity index (χ0n) is 9.53. The zero-order valence-corrected chi connectivity index (χ0v) is 10.3. The Bertz CT molecular complexity index is 622. The molecule has 0 unspecified atom stereocenters. The Hall–Kier alpha value is -2.08. The molecular weight excluding hydrogens is 276 g/mol. The lowest BCUT2D eigenvalue weighted by molar-refractivity contribution is 0.0941. The van der Waals surface area contributed by atoms with Gasteiger partial charge in [0.25, 0.3) is 5.91 Å². The normalized spacial score (nSPS) is 10.3. The van der Waals surface area contributed by atoms with Crippen molar-refractivity contribution in [1.82, 2.24) is 15.3 Å². The number of halogens is 3. The Labute approximate surface area is 112 Å². The third-order valence-electron chi connectivity index (χ3n) is 2.32. The Balaban J connectivity index is 2.04. The molecule has 0 aliphatic heterocycles. The van der Waals surface area contributed by atoms with E-state index in [1.165, 1.54) is 18.2 Å². The smallest absolute Gasteiger partial charge is 0.273 e. The fourth-order valence-corrected chi connectivity index (χ4v) is 1.60. The quantitative estimate of drug-likeness (QED) is 0.941. The van der Waals surface area contributed by atoms with Crippen molar-refractivity contribution in [1.29, 1.82) is 0 Å². The maximum Gasteiger partial charge on any atom is 0.273 e. The summed E-state index contributed by atoms with van der Waals surface area (Å²) in [4.78, 5) is 18.6.